The van der Waals surface area contributed by atoms with Crippen molar-refractivity contribution in [3.8, 4) is 0 Å². The van der Waals surface area contributed by atoms with Gasteiger partial charge in [0.2, 0.25) is 5.91 Å². The fourth-order valence-electron chi connectivity index (χ4n) is 2.67. The molecule has 2 heterocycles. The number of amides is 1. The first-order chi connectivity index (χ1) is 8.57. The Labute approximate surface area is 109 Å². The van der Waals surface area contributed by atoms with E-state index < -0.39 is 5.60 Å². The Hall–Kier alpha value is -0.650. The number of carbonyl (C=O) groups excluding carboxylic acids is 1. The minimum atomic E-state index is -0.593. The van der Waals surface area contributed by atoms with Crippen molar-refractivity contribution in [2.75, 3.05) is 45.8 Å². The van der Waals surface area contributed by atoms with E-state index in [4.69, 9.17) is 0 Å². The largest absolute Gasteiger partial charge is 0.390 e. The normalized spacial score (nSPS) is 31.1. The van der Waals surface area contributed by atoms with Gasteiger partial charge in [0, 0.05) is 39.3 Å². The van der Waals surface area contributed by atoms with Crippen LogP contribution in [0.1, 0.15) is 26.2 Å². The Morgan fingerprint density at radius 2 is 1.94 bits per heavy atom. The summed E-state index contributed by atoms with van der Waals surface area (Å²) in [5.41, 5.74) is -0.593. The highest BCUT2D eigenvalue weighted by molar-refractivity contribution is 5.78. The van der Waals surface area contributed by atoms with Crippen LogP contribution >= 0.6 is 0 Å². The predicted octanol–water partition coefficient (Wildman–Crippen LogP) is -0.345. The summed E-state index contributed by atoms with van der Waals surface area (Å²) in [7, 11) is 0. The molecule has 0 aromatic rings. The molecule has 5 heteroatoms. The molecule has 0 bridgehead atoms. The molecule has 2 rings (SSSR count). The van der Waals surface area contributed by atoms with E-state index in [2.05, 4.69) is 10.2 Å². The van der Waals surface area contributed by atoms with E-state index in [9.17, 15) is 9.90 Å². The fourth-order valence-corrected chi connectivity index (χ4v) is 2.67. The maximum Gasteiger partial charge on any atom is 0.236 e. The lowest BCUT2D eigenvalue weighted by atomic mass is 9.98. The summed E-state index contributed by atoms with van der Waals surface area (Å²) in [6, 6.07) is 0. The number of likely N-dealkylation sites (tertiary alicyclic amines) is 1. The van der Waals surface area contributed by atoms with Gasteiger partial charge in [0.25, 0.3) is 0 Å². The highest BCUT2D eigenvalue weighted by Gasteiger charge is 2.27. The molecular formula is C13H25N3O2. The smallest absolute Gasteiger partial charge is 0.236 e. The van der Waals surface area contributed by atoms with Gasteiger partial charge >= 0.3 is 0 Å². The van der Waals surface area contributed by atoms with Crippen LogP contribution in [0.4, 0.5) is 0 Å². The maximum atomic E-state index is 12.2. The van der Waals surface area contributed by atoms with Crippen molar-refractivity contribution in [3.63, 3.8) is 0 Å². The average molecular weight is 255 g/mol. The van der Waals surface area contributed by atoms with E-state index in [0.29, 0.717) is 19.5 Å². The molecule has 0 spiro atoms. The van der Waals surface area contributed by atoms with Crippen molar-refractivity contribution in [1.29, 1.82) is 0 Å². The third-order valence-corrected chi connectivity index (χ3v) is 3.98. The Kier molecular flexibility index (Phi) is 4.59. The first-order valence-electron chi connectivity index (χ1n) is 7.00. The van der Waals surface area contributed by atoms with Crippen LogP contribution in [-0.2, 0) is 4.79 Å². The highest BCUT2D eigenvalue weighted by atomic mass is 16.3. The zero-order valence-corrected chi connectivity index (χ0v) is 11.3. The van der Waals surface area contributed by atoms with Gasteiger partial charge in [0.05, 0.1) is 12.1 Å². The number of rotatable bonds is 2. The number of piperazine rings is 1. The molecule has 104 valence electrons. The second kappa shape index (κ2) is 5.99. The zero-order chi connectivity index (χ0) is 13.0. The monoisotopic (exact) mass is 255 g/mol. The van der Waals surface area contributed by atoms with Crippen LogP contribution in [0.2, 0.25) is 0 Å². The molecule has 0 aromatic heterocycles. The van der Waals surface area contributed by atoms with Crippen LogP contribution < -0.4 is 5.32 Å². The van der Waals surface area contributed by atoms with E-state index in [-0.39, 0.29) is 5.91 Å². The van der Waals surface area contributed by atoms with Gasteiger partial charge in [-0.3, -0.25) is 9.69 Å². The molecule has 1 amide bonds. The van der Waals surface area contributed by atoms with Crippen molar-refractivity contribution in [2.24, 2.45) is 0 Å². The summed E-state index contributed by atoms with van der Waals surface area (Å²) < 4.78 is 0. The zero-order valence-electron chi connectivity index (χ0n) is 11.3. The third-order valence-electron chi connectivity index (χ3n) is 3.98. The Bertz CT molecular complexity index is 288. The maximum absolute atomic E-state index is 12.2. The third kappa shape index (κ3) is 3.93. The Morgan fingerprint density at radius 1 is 1.22 bits per heavy atom. The van der Waals surface area contributed by atoms with Crippen molar-refractivity contribution < 1.29 is 9.90 Å². The summed E-state index contributed by atoms with van der Waals surface area (Å²) in [5.74, 6) is 0.217. The molecule has 2 saturated heterocycles. The quantitative estimate of drug-likeness (QED) is 0.708. The predicted molar refractivity (Wildman–Crippen MR) is 70.4 cm³/mol. The first-order valence-corrected chi connectivity index (χ1v) is 7.00. The first kappa shape index (κ1) is 13.8. The van der Waals surface area contributed by atoms with Gasteiger partial charge in [0.15, 0.2) is 0 Å². The topological polar surface area (TPSA) is 55.8 Å². The lowest BCUT2D eigenvalue weighted by molar-refractivity contribution is -0.132. The van der Waals surface area contributed by atoms with E-state index in [1.165, 1.54) is 0 Å². The molecule has 18 heavy (non-hydrogen) atoms. The molecule has 2 aliphatic rings. The molecule has 1 atom stereocenters. The number of hydrogen-bond donors (Lipinski definition) is 2. The number of aliphatic hydroxyl groups is 1. The molecule has 0 aliphatic carbocycles. The Balaban J connectivity index is 1.81. The molecule has 1 unspecified atom stereocenters. The summed E-state index contributed by atoms with van der Waals surface area (Å²) in [4.78, 5) is 16.3. The fraction of sp³-hybridized carbons (Fsp3) is 0.923. The SMILES string of the molecule is CC1(O)CCCN(C(=O)CN2CCNCC2)CC1. The average Bonchev–Trinajstić information content (AvgIpc) is 2.51. The standard InChI is InChI=1S/C13H25N3O2/c1-13(18)3-2-7-16(8-4-13)12(17)11-15-9-5-14-6-10-15/h14,18H,2-11H2,1H3. The molecule has 0 radical (unpaired) electrons. The van der Waals surface area contributed by atoms with Crippen molar-refractivity contribution in [2.45, 2.75) is 31.8 Å². The molecular weight excluding hydrogens is 230 g/mol. The summed E-state index contributed by atoms with van der Waals surface area (Å²) in [5, 5.41) is 13.3. The molecule has 2 aliphatic heterocycles. The van der Waals surface area contributed by atoms with Crippen molar-refractivity contribution in [1.82, 2.24) is 15.1 Å². The van der Waals surface area contributed by atoms with Gasteiger partial charge in [-0.05, 0) is 26.2 Å². The highest BCUT2D eigenvalue weighted by Crippen LogP contribution is 2.21. The van der Waals surface area contributed by atoms with Gasteiger partial charge in [-0.25, -0.2) is 0 Å². The second-order valence-corrected chi connectivity index (χ2v) is 5.76. The van der Waals surface area contributed by atoms with E-state index in [1.807, 2.05) is 11.8 Å². The lowest BCUT2D eigenvalue weighted by Crippen LogP contribution is -2.48. The van der Waals surface area contributed by atoms with Crippen molar-refractivity contribution >= 4 is 5.91 Å². The van der Waals surface area contributed by atoms with Gasteiger partial charge in [-0.2, -0.15) is 0 Å². The molecule has 0 saturated carbocycles. The number of carbonyl (C=O) groups is 1. The van der Waals surface area contributed by atoms with Crippen LogP contribution in [0.3, 0.4) is 0 Å². The van der Waals surface area contributed by atoms with Gasteiger partial charge < -0.3 is 15.3 Å². The number of hydrogen-bond acceptors (Lipinski definition) is 4. The van der Waals surface area contributed by atoms with E-state index >= 15 is 0 Å². The van der Waals surface area contributed by atoms with Crippen LogP contribution in [0.25, 0.3) is 0 Å². The van der Waals surface area contributed by atoms with Crippen LogP contribution in [0.15, 0.2) is 0 Å². The Morgan fingerprint density at radius 3 is 2.67 bits per heavy atom. The van der Waals surface area contributed by atoms with Crippen molar-refractivity contribution in [3.05, 3.63) is 0 Å². The van der Waals surface area contributed by atoms with E-state index in [0.717, 1.165) is 45.6 Å². The minimum absolute atomic E-state index is 0.217. The second-order valence-electron chi connectivity index (χ2n) is 5.76. The molecule has 5 nitrogen and oxygen atoms in total. The van der Waals surface area contributed by atoms with E-state index in [1.54, 1.807) is 0 Å². The van der Waals surface area contributed by atoms with Crippen LogP contribution in [-0.4, -0.2) is 72.2 Å². The molecule has 2 fully saturated rings. The summed E-state index contributed by atoms with van der Waals surface area (Å²) in [6.07, 6.45) is 2.39. The number of nitrogens with one attached hydrogen (secondary N) is 1. The van der Waals surface area contributed by atoms with Crippen LogP contribution in [0.5, 0.6) is 0 Å². The van der Waals surface area contributed by atoms with Crippen LogP contribution in [0, 0.1) is 0 Å². The molecule has 0 aromatic carbocycles. The lowest BCUT2D eigenvalue weighted by Gasteiger charge is -2.29. The number of nitrogens with zero attached hydrogens (tertiary/aromatic N) is 2. The van der Waals surface area contributed by atoms with Gasteiger partial charge in [-0.1, -0.05) is 0 Å². The van der Waals surface area contributed by atoms with Gasteiger partial charge in [-0.15, -0.1) is 0 Å². The summed E-state index contributed by atoms with van der Waals surface area (Å²) in [6.45, 7) is 7.75. The minimum Gasteiger partial charge on any atom is -0.390 e. The van der Waals surface area contributed by atoms with Gasteiger partial charge in [0.1, 0.15) is 0 Å². The molecule has 2 N–H and O–H groups in total. The summed E-state index contributed by atoms with van der Waals surface area (Å²) >= 11 is 0.